The van der Waals surface area contributed by atoms with E-state index >= 15 is 0 Å². The Balaban J connectivity index is 1.93. The summed E-state index contributed by atoms with van der Waals surface area (Å²) in [6.45, 7) is 0.644. The van der Waals surface area contributed by atoms with Gasteiger partial charge in [-0.25, -0.2) is 4.39 Å². The van der Waals surface area contributed by atoms with Gasteiger partial charge in [0.25, 0.3) is 0 Å². The van der Waals surface area contributed by atoms with Crippen LogP contribution >= 0.6 is 12.6 Å². The lowest BCUT2D eigenvalue weighted by molar-refractivity contribution is -0.115. The molecule has 0 spiro atoms. The van der Waals surface area contributed by atoms with Crippen molar-refractivity contribution in [3.8, 4) is 5.75 Å². The fourth-order valence-electron chi connectivity index (χ4n) is 1.50. The van der Waals surface area contributed by atoms with E-state index in [4.69, 9.17) is 4.74 Å². The maximum absolute atomic E-state index is 13.7. The van der Waals surface area contributed by atoms with Crippen molar-refractivity contribution in [1.29, 1.82) is 0 Å². The summed E-state index contributed by atoms with van der Waals surface area (Å²) < 4.78 is 19.1. The third kappa shape index (κ3) is 3.91. The van der Waals surface area contributed by atoms with Crippen LogP contribution in [0.2, 0.25) is 0 Å². The molecule has 1 amide bonds. The molecule has 0 bridgehead atoms. The Kier molecular flexibility index (Phi) is 4.47. The number of anilines is 1. The van der Waals surface area contributed by atoms with E-state index in [1.807, 2.05) is 0 Å². The second-order valence-electron chi connectivity index (χ2n) is 4.42. The molecule has 3 nitrogen and oxygen atoms in total. The molecular formula is C13H16FNO2S. The number of carbonyl (C=O) groups excluding carboxylic acids is 1. The van der Waals surface area contributed by atoms with Gasteiger partial charge in [-0.05, 0) is 36.6 Å². The number of benzene rings is 1. The predicted octanol–water partition coefficient (Wildman–Crippen LogP) is 2.87. The third-order valence-electron chi connectivity index (χ3n) is 2.74. The zero-order valence-electron chi connectivity index (χ0n) is 9.99. The highest BCUT2D eigenvalue weighted by molar-refractivity contribution is 7.80. The van der Waals surface area contributed by atoms with Crippen molar-refractivity contribution in [1.82, 2.24) is 0 Å². The van der Waals surface area contributed by atoms with E-state index in [0.29, 0.717) is 24.0 Å². The highest BCUT2D eigenvalue weighted by atomic mass is 32.1. The maximum atomic E-state index is 13.7. The molecular weight excluding hydrogens is 253 g/mol. The zero-order valence-corrected chi connectivity index (χ0v) is 10.9. The van der Waals surface area contributed by atoms with Gasteiger partial charge in [-0.2, -0.15) is 12.6 Å². The second-order valence-corrected chi connectivity index (χ2v) is 4.87. The fourth-order valence-corrected chi connectivity index (χ4v) is 1.70. The standard InChI is InChI=1S/C13H16FNO2S/c14-11-7-10(17-8-9-1-2-9)3-4-12(11)15-13(16)5-6-18/h3-4,7,9,18H,1-2,5-6,8H2,(H,15,16). The molecule has 1 aliphatic carbocycles. The number of hydrogen-bond acceptors (Lipinski definition) is 3. The van der Waals surface area contributed by atoms with Gasteiger partial charge in [-0.1, -0.05) is 0 Å². The number of ether oxygens (including phenoxy) is 1. The molecule has 0 radical (unpaired) electrons. The minimum Gasteiger partial charge on any atom is -0.493 e. The monoisotopic (exact) mass is 269 g/mol. The number of halogens is 1. The summed E-state index contributed by atoms with van der Waals surface area (Å²) in [5.41, 5.74) is 0.181. The van der Waals surface area contributed by atoms with Crippen LogP contribution < -0.4 is 10.1 Å². The Labute approximate surface area is 111 Å². The highest BCUT2D eigenvalue weighted by Gasteiger charge is 2.22. The van der Waals surface area contributed by atoms with E-state index in [1.165, 1.54) is 25.0 Å². The summed E-state index contributed by atoms with van der Waals surface area (Å²) >= 11 is 3.95. The van der Waals surface area contributed by atoms with Crippen molar-refractivity contribution in [2.24, 2.45) is 5.92 Å². The minimum absolute atomic E-state index is 0.181. The summed E-state index contributed by atoms with van der Waals surface area (Å²) in [5, 5.41) is 2.50. The van der Waals surface area contributed by atoms with E-state index in [9.17, 15) is 9.18 Å². The van der Waals surface area contributed by atoms with Crippen LogP contribution in [0.5, 0.6) is 5.75 Å². The van der Waals surface area contributed by atoms with Crippen LogP contribution in [0.4, 0.5) is 10.1 Å². The number of nitrogens with one attached hydrogen (secondary N) is 1. The Morgan fingerprint density at radius 1 is 1.50 bits per heavy atom. The van der Waals surface area contributed by atoms with Crippen LogP contribution in [0.1, 0.15) is 19.3 Å². The Morgan fingerprint density at radius 2 is 2.28 bits per heavy atom. The summed E-state index contributed by atoms with van der Waals surface area (Å²) in [4.78, 5) is 11.3. The van der Waals surface area contributed by atoms with Crippen LogP contribution in [0.3, 0.4) is 0 Å². The Bertz CT molecular complexity index is 435. The molecule has 0 aromatic heterocycles. The van der Waals surface area contributed by atoms with Crippen LogP contribution in [-0.2, 0) is 4.79 Å². The molecule has 0 saturated heterocycles. The SMILES string of the molecule is O=C(CCS)Nc1ccc(OCC2CC2)cc1F. The molecule has 1 aliphatic rings. The molecule has 18 heavy (non-hydrogen) atoms. The minimum atomic E-state index is -0.476. The highest BCUT2D eigenvalue weighted by Crippen LogP contribution is 2.30. The number of hydrogen-bond donors (Lipinski definition) is 2. The number of amides is 1. The van der Waals surface area contributed by atoms with E-state index in [0.717, 1.165) is 0 Å². The molecule has 1 saturated carbocycles. The molecule has 5 heteroatoms. The third-order valence-corrected chi connectivity index (χ3v) is 2.96. The van der Waals surface area contributed by atoms with Gasteiger partial charge in [0.2, 0.25) is 5.91 Å². The van der Waals surface area contributed by atoms with E-state index in [-0.39, 0.29) is 18.0 Å². The van der Waals surface area contributed by atoms with Crippen LogP contribution in [0.15, 0.2) is 18.2 Å². The van der Waals surface area contributed by atoms with Crippen molar-refractivity contribution in [3.05, 3.63) is 24.0 Å². The van der Waals surface area contributed by atoms with Gasteiger partial charge >= 0.3 is 0 Å². The van der Waals surface area contributed by atoms with E-state index in [2.05, 4.69) is 17.9 Å². The molecule has 1 aromatic rings. The summed E-state index contributed by atoms with van der Waals surface area (Å²) in [6.07, 6.45) is 2.66. The van der Waals surface area contributed by atoms with Crippen molar-refractivity contribution in [2.75, 3.05) is 17.7 Å². The number of carbonyl (C=O) groups is 1. The molecule has 98 valence electrons. The normalized spacial score (nSPS) is 14.3. The average Bonchev–Trinajstić information content (AvgIpc) is 3.14. The van der Waals surface area contributed by atoms with Crippen molar-refractivity contribution < 1.29 is 13.9 Å². The number of thiol groups is 1. The Morgan fingerprint density at radius 3 is 2.89 bits per heavy atom. The molecule has 0 heterocycles. The molecule has 0 aliphatic heterocycles. The second kappa shape index (κ2) is 6.09. The first-order valence-corrected chi connectivity index (χ1v) is 6.65. The van der Waals surface area contributed by atoms with Gasteiger partial charge in [0, 0.05) is 12.5 Å². The van der Waals surface area contributed by atoms with Crippen molar-refractivity contribution >= 4 is 24.2 Å². The van der Waals surface area contributed by atoms with Crippen LogP contribution in [-0.4, -0.2) is 18.3 Å². The van der Waals surface area contributed by atoms with Crippen LogP contribution in [0, 0.1) is 11.7 Å². The molecule has 0 unspecified atom stereocenters. The molecule has 0 atom stereocenters. The van der Waals surface area contributed by atoms with Crippen molar-refractivity contribution in [3.63, 3.8) is 0 Å². The summed E-state index contributed by atoms with van der Waals surface area (Å²) in [5.74, 6) is 0.858. The van der Waals surface area contributed by atoms with E-state index < -0.39 is 5.82 Å². The first kappa shape index (κ1) is 13.2. The predicted molar refractivity (Wildman–Crippen MR) is 71.7 cm³/mol. The van der Waals surface area contributed by atoms with Gasteiger partial charge < -0.3 is 10.1 Å². The van der Waals surface area contributed by atoms with Gasteiger partial charge in [-0.3, -0.25) is 4.79 Å². The lowest BCUT2D eigenvalue weighted by atomic mass is 10.2. The average molecular weight is 269 g/mol. The lowest BCUT2D eigenvalue weighted by Crippen LogP contribution is -2.13. The first-order valence-electron chi connectivity index (χ1n) is 6.02. The zero-order chi connectivity index (χ0) is 13.0. The molecule has 1 fully saturated rings. The fraction of sp³-hybridized carbons (Fsp3) is 0.462. The van der Waals surface area contributed by atoms with Gasteiger partial charge in [0.05, 0.1) is 12.3 Å². The van der Waals surface area contributed by atoms with Gasteiger partial charge in [-0.15, -0.1) is 0 Å². The molecule has 2 rings (SSSR count). The van der Waals surface area contributed by atoms with E-state index in [1.54, 1.807) is 6.07 Å². The van der Waals surface area contributed by atoms with Gasteiger partial charge in [0.15, 0.2) is 0 Å². The Hall–Kier alpha value is -1.23. The molecule has 1 aromatic carbocycles. The number of rotatable bonds is 6. The lowest BCUT2D eigenvalue weighted by Gasteiger charge is -2.09. The topological polar surface area (TPSA) is 38.3 Å². The summed E-state index contributed by atoms with van der Waals surface area (Å²) in [6, 6.07) is 4.49. The van der Waals surface area contributed by atoms with Crippen molar-refractivity contribution in [2.45, 2.75) is 19.3 Å². The maximum Gasteiger partial charge on any atom is 0.225 e. The smallest absolute Gasteiger partial charge is 0.225 e. The molecule has 1 N–H and O–H groups in total. The quantitative estimate of drug-likeness (QED) is 0.779. The van der Waals surface area contributed by atoms with Gasteiger partial charge in [0.1, 0.15) is 11.6 Å². The summed E-state index contributed by atoms with van der Waals surface area (Å²) in [7, 11) is 0. The van der Waals surface area contributed by atoms with Crippen LogP contribution in [0.25, 0.3) is 0 Å². The first-order chi connectivity index (χ1) is 8.69. The largest absolute Gasteiger partial charge is 0.493 e.